The van der Waals surface area contributed by atoms with Crippen LogP contribution in [0.4, 0.5) is 0 Å². The Morgan fingerprint density at radius 2 is 2.14 bits per heavy atom. The van der Waals surface area contributed by atoms with Crippen LogP contribution < -0.4 is 5.73 Å². The van der Waals surface area contributed by atoms with Crippen molar-refractivity contribution < 1.29 is 5.11 Å². The number of hydrogen-bond donors (Lipinski definition) is 2. The van der Waals surface area contributed by atoms with Gasteiger partial charge in [0, 0.05) is 9.61 Å². The highest BCUT2D eigenvalue weighted by Gasteiger charge is 2.24. The average Bonchev–Trinajstić information content (AvgIpc) is 2.51. The third-order valence-corrected chi connectivity index (χ3v) is 3.58. The van der Waals surface area contributed by atoms with Crippen LogP contribution in [0.2, 0.25) is 0 Å². The highest BCUT2D eigenvalue weighted by Crippen LogP contribution is 2.38. The molecule has 0 bridgehead atoms. The molecule has 1 aliphatic rings. The minimum atomic E-state index is 0.318. The minimum absolute atomic E-state index is 0.318. The van der Waals surface area contributed by atoms with Crippen LogP contribution in [-0.4, -0.2) is 11.1 Å². The van der Waals surface area contributed by atoms with Gasteiger partial charge in [0.05, 0.1) is 0 Å². The molecule has 14 heavy (non-hydrogen) atoms. The molecule has 1 fully saturated rings. The lowest BCUT2D eigenvalue weighted by Crippen LogP contribution is -2.14. The zero-order valence-corrected chi connectivity index (χ0v) is 10.1. The number of phenols is 1. The van der Waals surface area contributed by atoms with Crippen LogP contribution >= 0.6 is 22.6 Å². The number of rotatable bonds is 1. The highest BCUT2D eigenvalue weighted by atomic mass is 127. The SMILES string of the molecule is NC1CCC(c2ccc(I)cc2O)C1. The number of benzene rings is 1. The standard InChI is InChI=1S/C11H14INO/c12-8-2-4-10(11(14)6-8)7-1-3-9(13)5-7/h2,4,6-7,9,14H,1,3,5,13H2. The van der Waals surface area contributed by atoms with Crippen molar-refractivity contribution in [3.05, 3.63) is 27.3 Å². The van der Waals surface area contributed by atoms with Crippen molar-refractivity contribution in [3.8, 4) is 5.75 Å². The number of halogens is 1. The first kappa shape index (κ1) is 10.2. The van der Waals surface area contributed by atoms with Gasteiger partial charge in [0.25, 0.3) is 0 Å². The second-order valence-corrected chi connectivity index (χ2v) is 5.22. The molecule has 1 saturated carbocycles. The predicted molar refractivity (Wildman–Crippen MR) is 65.4 cm³/mol. The van der Waals surface area contributed by atoms with Gasteiger partial charge >= 0.3 is 0 Å². The van der Waals surface area contributed by atoms with E-state index in [0.29, 0.717) is 17.7 Å². The molecule has 0 heterocycles. The second kappa shape index (κ2) is 4.06. The first-order valence-corrected chi connectivity index (χ1v) is 5.98. The van der Waals surface area contributed by atoms with Gasteiger partial charge in [-0.1, -0.05) is 6.07 Å². The normalized spacial score (nSPS) is 26.7. The molecular weight excluding hydrogens is 289 g/mol. The van der Waals surface area contributed by atoms with Crippen LogP contribution in [0.25, 0.3) is 0 Å². The van der Waals surface area contributed by atoms with Crippen LogP contribution in [0, 0.1) is 3.57 Å². The van der Waals surface area contributed by atoms with Crippen LogP contribution in [0.15, 0.2) is 18.2 Å². The predicted octanol–water partition coefficient (Wildman–Crippen LogP) is 2.59. The fourth-order valence-electron chi connectivity index (χ4n) is 2.16. The van der Waals surface area contributed by atoms with E-state index in [1.807, 2.05) is 18.2 Å². The lowest BCUT2D eigenvalue weighted by molar-refractivity contribution is 0.460. The number of nitrogens with two attached hydrogens (primary N) is 1. The Kier molecular flexibility index (Phi) is 2.97. The minimum Gasteiger partial charge on any atom is -0.508 e. The summed E-state index contributed by atoms with van der Waals surface area (Å²) >= 11 is 2.20. The molecule has 3 N–H and O–H groups in total. The first-order chi connectivity index (χ1) is 6.66. The summed E-state index contributed by atoms with van der Waals surface area (Å²) in [5.74, 6) is 0.887. The molecule has 2 unspecified atom stereocenters. The van der Waals surface area contributed by atoms with E-state index in [4.69, 9.17) is 5.73 Å². The Balaban J connectivity index is 2.24. The fourth-order valence-corrected chi connectivity index (χ4v) is 2.64. The van der Waals surface area contributed by atoms with E-state index < -0.39 is 0 Å². The molecule has 0 aromatic heterocycles. The number of phenolic OH excluding ortho intramolecular Hbond substituents is 1. The summed E-state index contributed by atoms with van der Waals surface area (Å²) in [6, 6.07) is 6.21. The van der Waals surface area contributed by atoms with Gasteiger partial charge in [-0.25, -0.2) is 0 Å². The molecule has 1 aromatic rings. The lowest BCUT2D eigenvalue weighted by Gasteiger charge is -2.12. The summed E-state index contributed by atoms with van der Waals surface area (Å²) in [6.07, 6.45) is 3.19. The second-order valence-electron chi connectivity index (χ2n) is 3.97. The van der Waals surface area contributed by atoms with Gasteiger partial charge in [0.15, 0.2) is 0 Å². The van der Waals surface area contributed by atoms with Gasteiger partial charge < -0.3 is 10.8 Å². The molecule has 3 heteroatoms. The van der Waals surface area contributed by atoms with E-state index in [0.717, 1.165) is 28.4 Å². The van der Waals surface area contributed by atoms with Crippen molar-refractivity contribution in [1.82, 2.24) is 0 Å². The van der Waals surface area contributed by atoms with E-state index in [2.05, 4.69) is 22.6 Å². The maximum Gasteiger partial charge on any atom is 0.120 e. The Labute approximate surface area is 97.6 Å². The van der Waals surface area contributed by atoms with Gasteiger partial charge in [0.2, 0.25) is 0 Å². The van der Waals surface area contributed by atoms with Crippen LogP contribution in [0.1, 0.15) is 30.7 Å². The first-order valence-electron chi connectivity index (χ1n) is 4.91. The van der Waals surface area contributed by atoms with Crippen LogP contribution in [0.3, 0.4) is 0 Å². The maximum atomic E-state index is 9.79. The van der Waals surface area contributed by atoms with E-state index in [1.54, 1.807) is 0 Å². The van der Waals surface area contributed by atoms with Crippen LogP contribution in [-0.2, 0) is 0 Å². The zero-order valence-electron chi connectivity index (χ0n) is 7.91. The van der Waals surface area contributed by atoms with Gasteiger partial charge in [-0.3, -0.25) is 0 Å². The van der Waals surface area contributed by atoms with E-state index in [1.165, 1.54) is 0 Å². The number of hydrogen-bond acceptors (Lipinski definition) is 2. The van der Waals surface area contributed by atoms with Crippen molar-refractivity contribution in [2.24, 2.45) is 5.73 Å². The summed E-state index contributed by atoms with van der Waals surface area (Å²) in [7, 11) is 0. The maximum absolute atomic E-state index is 9.79. The number of aromatic hydroxyl groups is 1. The molecular formula is C11H14INO. The molecule has 2 atom stereocenters. The molecule has 76 valence electrons. The Morgan fingerprint density at radius 3 is 2.71 bits per heavy atom. The fraction of sp³-hybridized carbons (Fsp3) is 0.455. The molecule has 0 aliphatic heterocycles. The summed E-state index contributed by atoms with van der Waals surface area (Å²) in [6.45, 7) is 0. The van der Waals surface area contributed by atoms with E-state index >= 15 is 0 Å². The molecule has 2 rings (SSSR count). The van der Waals surface area contributed by atoms with Gasteiger partial charge in [-0.05, 0) is 65.5 Å². The summed E-state index contributed by atoms with van der Waals surface area (Å²) in [4.78, 5) is 0. The van der Waals surface area contributed by atoms with Crippen molar-refractivity contribution in [1.29, 1.82) is 0 Å². The Hall–Kier alpha value is -0.290. The summed E-state index contributed by atoms with van der Waals surface area (Å²) in [5.41, 5.74) is 6.93. The summed E-state index contributed by atoms with van der Waals surface area (Å²) in [5, 5.41) is 9.79. The summed E-state index contributed by atoms with van der Waals surface area (Å²) < 4.78 is 1.08. The molecule has 1 aliphatic carbocycles. The van der Waals surface area contributed by atoms with Gasteiger partial charge in [0.1, 0.15) is 5.75 Å². The zero-order chi connectivity index (χ0) is 10.1. The van der Waals surface area contributed by atoms with Crippen LogP contribution in [0.5, 0.6) is 5.75 Å². The molecule has 0 saturated heterocycles. The molecule has 0 amide bonds. The molecule has 0 radical (unpaired) electrons. The quantitative estimate of drug-likeness (QED) is 0.783. The van der Waals surface area contributed by atoms with Crippen molar-refractivity contribution in [2.45, 2.75) is 31.2 Å². The third kappa shape index (κ3) is 2.03. The smallest absolute Gasteiger partial charge is 0.120 e. The van der Waals surface area contributed by atoms with E-state index in [-0.39, 0.29) is 0 Å². The molecule has 2 nitrogen and oxygen atoms in total. The molecule has 1 aromatic carbocycles. The van der Waals surface area contributed by atoms with E-state index in [9.17, 15) is 5.11 Å². The highest BCUT2D eigenvalue weighted by molar-refractivity contribution is 14.1. The topological polar surface area (TPSA) is 46.2 Å². The Morgan fingerprint density at radius 1 is 1.36 bits per heavy atom. The Bertz CT molecular complexity index is 340. The van der Waals surface area contributed by atoms with Crippen molar-refractivity contribution in [2.75, 3.05) is 0 Å². The monoisotopic (exact) mass is 303 g/mol. The van der Waals surface area contributed by atoms with Crippen molar-refractivity contribution in [3.63, 3.8) is 0 Å². The van der Waals surface area contributed by atoms with Gasteiger partial charge in [-0.2, -0.15) is 0 Å². The average molecular weight is 303 g/mol. The lowest BCUT2D eigenvalue weighted by atomic mass is 9.96. The van der Waals surface area contributed by atoms with Crippen molar-refractivity contribution >= 4 is 22.6 Å². The van der Waals surface area contributed by atoms with Gasteiger partial charge in [-0.15, -0.1) is 0 Å². The molecule has 0 spiro atoms. The largest absolute Gasteiger partial charge is 0.508 e. The third-order valence-electron chi connectivity index (χ3n) is 2.91.